The molecule has 2 N–H and O–H groups in total. The highest BCUT2D eigenvalue weighted by Crippen LogP contribution is 2.13. The van der Waals surface area contributed by atoms with Gasteiger partial charge >= 0.3 is 0 Å². The molecule has 2 nitrogen and oxygen atoms in total. The van der Waals surface area contributed by atoms with Gasteiger partial charge in [0.2, 0.25) is 0 Å². The number of rotatable bonds is 5. The summed E-state index contributed by atoms with van der Waals surface area (Å²) in [5.41, 5.74) is 1.13. The van der Waals surface area contributed by atoms with Gasteiger partial charge in [-0.2, -0.15) is 0 Å². The van der Waals surface area contributed by atoms with Crippen LogP contribution in [0.5, 0.6) is 0 Å². The van der Waals surface area contributed by atoms with Crippen LogP contribution in [0.1, 0.15) is 12.8 Å². The molecule has 1 rings (SSSR count). The molecule has 0 saturated carbocycles. The summed E-state index contributed by atoms with van der Waals surface area (Å²) in [5.74, 6) is 0. The van der Waals surface area contributed by atoms with Crippen molar-refractivity contribution in [1.29, 1.82) is 0 Å². The standard InChI is InChI=1S/C10H14BrNO/c11-9-3-5-10(6-4-9)12-7-1-2-8-13/h3-6,12-13H,1-2,7-8H2. The first-order valence-electron chi connectivity index (χ1n) is 4.43. The summed E-state index contributed by atoms with van der Waals surface area (Å²) in [5, 5.41) is 11.8. The van der Waals surface area contributed by atoms with E-state index >= 15 is 0 Å². The molecule has 0 spiro atoms. The van der Waals surface area contributed by atoms with Gasteiger partial charge in [-0.3, -0.25) is 0 Å². The predicted octanol–water partition coefficient (Wildman–Crippen LogP) is 2.63. The molecule has 0 saturated heterocycles. The number of nitrogens with one attached hydrogen (secondary N) is 1. The Morgan fingerprint density at radius 1 is 1.15 bits per heavy atom. The van der Waals surface area contributed by atoms with Gasteiger partial charge in [0, 0.05) is 23.3 Å². The smallest absolute Gasteiger partial charge is 0.0431 e. The van der Waals surface area contributed by atoms with E-state index in [-0.39, 0.29) is 6.61 Å². The van der Waals surface area contributed by atoms with Crippen LogP contribution in [-0.2, 0) is 0 Å². The third-order valence-corrected chi connectivity index (χ3v) is 2.29. The average Bonchev–Trinajstić information content (AvgIpc) is 2.15. The van der Waals surface area contributed by atoms with Gasteiger partial charge in [0.05, 0.1) is 0 Å². The van der Waals surface area contributed by atoms with E-state index in [4.69, 9.17) is 5.11 Å². The molecule has 0 bridgehead atoms. The summed E-state index contributed by atoms with van der Waals surface area (Å²) < 4.78 is 1.09. The third-order valence-electron chi connectivity index (χ3n) is 1.76. The fraction of sp³-hybridized carbons (Fsp3) is 0.400. The SMILES string of the molecule is OCCCCNc1ccc(Br)cc1. The second-order valence-corrected chi connectivity index (χ2v) is 3.78. The number of benzene rings is 1. The van der Waals surface area contributed by atoms with Crippen LogP contribution in [0.2, 0.25) is 0 Å². The van der Waals surface area contributed by atoms with E-state index in [1.165, 1.54) is 0 Å². The summed E-state index contributed by atoms with van der Waals surface area (Å²) in [6.45, 7) is 1.20. The maximum Gasteiger partial charge on any atom is 0.0431 e. The Balaban J connectivity index is 2.25. The Morgan fingerprint density at radius 2 is 1.85 bits per heavy atom. The minimum absolute atomic E-state index is 0.280. The largest absolute Gasteiger partial charge is 0.396 e. The van der Waals surface area contributed by atoms with E-state index in [1.54, 1.807) is 0 Å². The number of hydrogen-bond donors (Lipinski definition) is 2. The van der Waals surface area contributed by atoms with Crippen molar-refractivity contribution < 1.29 is 5.11 Å². The van der Waals surface area contributed by atoms with Crippen LogP contribution in [0.15, 0.2) is 28.7 Å². The second-order valence-electron chi connectivity index (χ2n) is 2.86. The quantitative estimate of drug-likeness (QED) is 0.780. The number of halogens is 1. The molecular formula is C10H14BrNO. The highest BCUT2D eigenvalue weighted by molar-refractivity contribution is 9.10. The van der Waals surface area contributed by atoms with Crippen molar-refractivity contribution in [2.24, 2.45) is 0 Å². The molecular weight excluding hydrogens is 230 g/mol. The van der Waals surface area contributed by atoms with Crippen LogP contribution in [-0.4, -0.2) is 18.3 Å². The van der Waals surface area contributed by atoms with Gasteiger partial charge in [-0.05, 0) is 37.1 Å². The van der Waals surface area contributed by atoms with Crippen molar-refractivity contribution in [2.75, 3.05) is 18.5 Å². The van der Waals surface area contributed by atoms with Crippen molar-refractivity contribution in [3.8, 4) is 0 Å². The summed E-state index contributed by atoms with van der Waals surface area (Å²) >= 11 is 3.38. The number of unbranched alkanes of at least 4 members (excludes halogenated alkanes) is 1. The summed E-state index contributed by atoms with van der Waals surface area (Å²) in [6.07, 6.45) is 1.87. The normalized spacial score (nSPS) is 10.0. The zero-order chi connectivity index (χ0) is 9.52. The summed E-state index contributed by atoms with van der Waals surface area (Å²) in [6, 6.07) is 8.08. The lowest BCUT2D eigenvalue weighted by Crippen LogP contribution is -2.01. The van der Waals surface area contributed by atoms with Gasteiger partial charge in [0.15, 0.2) is 0 Å². The first-order chi connectivity index (χ1) is 6.33. The topological polar surface area (TPSA) is 32.3 Å². The second kappa shape index (κ2) is 6.00. The molecule has 0 unspecified atom stereocenters. The van der Waals surface area contributed by atoms with Gasteiger partial charge in [-0.1, -0.05) is 15.9 Å². The molecule has 1 aromatic carbocycles. The Bertz CT molecular complexity index is 235. The van der Waals surface area contributed by atoms with E-state index in [0.29, 0.717) is 0 Å². The van der Waals surface area contributed by atoms with Crippen LogP contribution in [0.4, 0.5) is 5.69 Å². The molecule has 0 atom stereocenters. The molecule has 0 radical (unpaired) electrons. The van der Waals surface area contributed by atoms with Crippen molar-refractivity contribution in [1.82, 2.24) is 0 Å². The molecule has 72 valence electrons. The summed E-state index contributed by atoms with van der Waals surface area (Å²) in [7, 11) is 0. The van der Waals surface area contributed by atoms with Crippen LogP contribution in [0.3, 0.4) is 0 Å². The van der Waals surface area contributed by atoms with Crippen LogP contribution in [0, 0.1) is 0 Å². The number of aliphatic hydroxyl groups excluding tert-OH is 1. The van der Waals surface area contributed by atoms with Crippen LogP contribution < -0.4 is 5.32 Å². The van der Waals surface area contributed by atoms with E-state index < -0.39 is 0 Å². The number of hydrogen-bond acceptors (Lipinski definition) is 2. The zero-order valence-corrected chi connectivity index (χ0v) is 9.05. The molecule has 0 amide bonds. The molecule has 0 aromatic heterocycles. The van der Waals surface area contributed by atoms with Gasteiger partial charge in [-0.25, -0.2) is 0 Å². The van der Waals surface area contributed by atoms with Crippen molar-refractivity contribution in [3.05, 3.63) is 28.7 Å². The monoisotopic (exact) mass is 243 g/mol. The highest BCUT2D eigenvalue weighted by atomic mass is 79.9. The Hall–Kier alpha value is -0.540. The first-order valence-corrected chi connectivity index (χ1v) is 5.22. The Morgan fingerprint density at radius 3 is 2.46 bits per heavy atom. The lowest BCUT2D eigenvalue weighted by atomic mass is 10.3. The van der Waals surface area contributed by atoms with Gasteiger partial charge in [0.1, 0.15) is 0 Å². The average molecular weight is 244 g/mol. The van der Waals surface area contributed by atoms with E-state index in [1.807, 2.05) is 24.3 Å². The van der Waals surface area contributed by atoms with Gasteiger partial charge in [-0.15, -0.1) is 0 Å². The lowest BCUT2D eigenvalue weighted by Gasteiger charge is -2.04. The molecule has 0 aliphatic rings. The molecule has 3 heteroatoms. The minimum Gasteiger partial charge on any atom is -0.396 e. The predicted molar refractivity (Wildman–Crippen MR) is 59.0 cm³/mol. The number of aliphatic hydroxyl groups is 1. The Kier molecular flexibility index (Phi) is 4.86. The zero-order valence-electron chi connectivity index (χ0n) is 7.46. The third kappa shape index (κ3) is 4.29. The first kappa shape index (κ1) is 10.5. The minimum atomic E-state index is 0.280. The fourth-order valence-corrected chi connectivity index (χ4v) is 1.30. The molecule has 1 aromatic rings. The summed E-state index contributed by atoms with van der Waals surface area (Å²) in [4.78, 5) is 0. The fourth-order valence-electron chi connectivity index (χ4n) is 1.04. The van der Waals surface area contributed by atoms with Crippen molar-refractivity contribution >= 4 is 21.6 Å². The Labute approximate surface area is 87.1 Å². The molecule has 0 aliphatic heterocycles. The van der Waals surface area contributed by atoms with Gasteiger partial charge in [0.25, 0.3) is 0 Å². The highest BCUT2D eigenvalue weighted by Gasteiger charge is 1.91. The van der Waals surface area contributed by atoms with Crippen LogP contribution in [0.25, 0.3) is 0 Å². The van der Waals surface area contributed by atoms with E-state index in [2.05, 4.69) is 21.2 Å². The van der Waals surface area contributed by atoms with E-state index in [9.17, 15) is 0 Å². The molecule has 0 aliphatic carbocycles. The van der Waals surface area contributed by atoms with Crippen LogP contribution >= 0.6 is 15.9 Å². The van der Waals surface area contributed by atoms with E-state index in [0.717, 1.165) is 29.5 Å². The lowest BCUT2D eigenvalue weighted by molar-refractivity contribution is 0.286. The maximum atomic E-state index is 8.57. The van der Waals surface area contributed by atoms with Crippen molar-refractivity contribution in [3.63, 3.8) is 0 Å². The molecule has 0 heterocycles. The molecule has 13 heavy (non-hydrogen) atoms. The number of anilines is 1. The maximum absolute atomic E-state index is 8.57. The molecule has 0 fully saturated rings. The van der Waals surface area contributed by atoms with Crippen molar-refractivity contribution in [2.45, 2.75) is 12.8 Å². The van der Waals surface area contributed by atoms with Gasteiger partial charge < -0.3 is 10.4 Å².